The van der Waals surface area contributed by atoms with Crippen LogP contribution in [0.25, 0.3) is 16.6 Å². The van der Waals surface area contributed by atoms with E-state index in [4.69, 9.17) is 9.72 Å². The van der Waals surface area contributed by atoms with Crippen molar-refractivity contribution in [1.29, 1.82) is 0 Å². The fourth-order valence-corrected chi connectivity index (χ4v) is 3.15. The predicted molar refractivity (Wildman–Crippen MR) is 90.7 cm³/mol. The Bertz CT molecular complexity index is 871. The van der Waals surface area contributed by atoms with Crippen molar-refractivity contribution in [1.82, 2.24) is 9.38 Å². The fourth-order valence-electron chi connectivity index (χ4n) is 2.49. The summed E-state index contributed by atoms with van der Waals surface area (Å²) in [5.41, 5.74) is 3.16. The first kappa shape index (κ1) is 14.8. The number of carbonyl (C=O) groups is 1. The molecule has 0 aliphatic carbocycles. The number of ether oxygens (including phenoxy) is 1. The van der Waals surface area contributed by atoms with Crippen LogP contribution in [0.5, 0.6) is 0 Å². The molecule has 0 amide bonds. The fraction of sp³-hybridized carbons (Fsp3) is 0.250. The van der Waals surface area contributed by atoms with Crippen LogP contribution in [0.1, 0.15) is 17.3 Å². The van der Waals surface area contributed by atoms with Gasteiger partial charge in [-0.2, -0.15) is 0 Å². The highest BCUT2D eigenvalue weighted by molar-refractivity contribution is 9.10. The van der Waals surface area contributed by atoms with Gasteiger partial charge in [-0.25, -0.2) is 9.78 Å². The van der Waals surface area contributed by atoms with Gasteiger partial charge in [0.1, 0.15) is 4.60 Å². The minimum absolute atomic E-state index is 0.341. The van der Waals surface area contributed by atoms with Gasteiger partial charge < -0.3 is 9.64 Å². The molecule has 0 unspecified atom stereocenters. The molecule has 0 saturated heterocycles. The molecule has 5 nitrogen and oxygen atoms in total. The van der Waals surface area contributed by atoms with E-state index in [0.29, 0.717) is 16.8 Å². The lowest BCUT2D eigenvalue weighted by atomic mass is 10.3. The van der Waals surface area contributed by atoms with Crippen molar-refractivity contribution in [2.75, 3.05) is 25.6 Å². The Labute approximate surface area is 136 Å². The molecule has 0 aliphatic heterocycles. The van der Waals surface area contributed by atoms with Crippen LogP contribution in [0.2, 0.25) is 0 Å². The quantitative estimate of drug-likeness (QED) is 0.670. The van der Waals surface area contributed by atoms with Crippen molar-refractivity contribution < 1.29 is 9.53 Å². The third-order valence-corrected chi connectivity index (χ3v) is 4.22. The Morgan fingerprint density at radius 2 is 2.05 bits per heavy atom. The van der Waals surface area contributed by atoms with E-state index < -0.39 is 0 Å². The minimum atomic E-state index is -0.341. The smallest absolute Gasteiger partial charge is 0.340 e. The molecule has 0 N–H and O–H groups in total. The largest absolute Gasteiger partial charge is 0.462 e. The SMILES string of the molecule is CCOC(=O)c1cc2c(N(C)C)nc3ccccc3n2c1Br. The van der Waals surface area contributed by atoms with Gasteiger partial charge in [-0.05, 0) is 41.1 Å². The normalized spacial score (nSPS) is 11.1. The Balaban J connectivity index is 2.41. The summed E-state index contributed by atoms with van der Waals surface area (Å²) in [6.07, 6.45) is 0. The first-order valence-corrected chi connectivity index (χ1v) is 7.78. The number of hydrogen-bond donors (Lipinski definition) is 0. The van der Waals surface area contributed by atoms with Crippen LogP contribution in [-0.4, -0.2) is 36.1 Å². The number of halogens is 1. The van der Waals surface area contributed by atoms with Gasteiger partial charge in [0.15, 0.2) is 5.82 Å². The molecular formula is C16H16BrN3O2. The molecule has 2 heterocycles. The Morgan fingerprint density at radius 3 is 2.73 bits per heavy atom. The van der Waals surface area contributed by atoms with Gasteiger partial charge in [-0.15, -0.1) is 0 Å². The maximum Gasteiger partial charge on any atom is 0.340 e. The van der Waals surface area contributed by atoms with E-state index in [9.17, 15) is 4.79 Å². The van der Waals surface area contributed by atoms with Crippen LogP contribution in [0.15, 0.2) is 34.9 Å². The van der Waals surface area contributed by atoms with Crippen molar-refractivity contribution in [2.24, 2.45) is 0 Å². The summed E-state index contributed by atoms with van der Waals surface area (Å²) < 4.78 is 7.81. The lowest BCUT2D eigenvalue weighted by molar-refractivity contribution is 0.0525. The second-order valence-electron chi connectivity index (χ2n) is 5.11. The van der Waals surface area contributed by atoms with Crippen LogP contribution in [0, 0.1) is 0 Å². The van der Waals surface area contributed by atoms with Gasteiger partial charge in [0, 0.05) is 14.1 Å². The van der Waals surface area contributed by atoms with Gasteiger partial charge in [0.25, 0.3) is 0 Å². The number of nitrogens with zero attached hydrogens (tertiary/aromatic N) is 3. The maximum absolute atomic E-state index is 12.2. The summed E-state index contributed by atoms with van der Waals surface area (Å²) >= 11 is 3.54. The first-order valence-electron chi connectivity index (χ1n) is 6.98. The zero-order valence-corrected chi connectivity index (χ0v) is 14.2. The second-order valence-corrected chi connectivity index (χ2v) is 5.86. The second kappa shape index (κ2) is 5.61. The van der Waals surface area contributed by atoms with E-state index in [-0.39, 0.29) is 5.97 Å². The molecule has 2 aromatic heterocycles. The third kappa shape index (κ3) is 2.23. The summed E-state index contributed by atoms with van der Waals surface area (Å²) in [5.74, 6) is 0.460. The van der Waals surface area contributed by atoms with Gasteiger partial charge >= 0.3 is 5.97 Å². The Hall–Kier alpha value is -2.08. The van der Waals surface area contributed by atoms with Crippen LogP contribution >= 0.6 is 15.9 Å². The molecule has 3 aromatic rings. The van der Waals surface area contributed by atoms with Gasteiger partial charge in [0.2, 0.25) is 0 Å². The average Bonchev–Trinajstić information content (AvgIpc) is 2.84. The van der Waals surface area contributed by atoms with Gasteiger partial charge in [0.05, 0.1) is 28.7 Å². The molecule has 114 valence electrons. The van der Waals surface area contributed by atoms with Crippen LogP contribution in [-0.2, 0) is 4.74 Å². The highest BCUT2D eigenvalue weighted by Crippen LogP contribution is 2.32. The Morgan fingerprint density at radius 1 is 1.32 bits per heavy atom. The average molecular weight is 362 g/mol. The molecule has 0 aliphatic rings. The number of carbonyl (C=O) groups excluding carboxylic acids is 1. The van der Waals surface area contributed by atoms with E-state index in [0.717, 1.165) is 22.4 Å². The van der Waals surface area contributed by atoms with Crippen molar-refractivity contribution in [2.45, 2.75) is 6.92 Å². The Kier molecular flexibility index (Phi) is 3.78. The van der Waals surface area contributed by atoms with Crippen LogP contribution in [0.4, 0.5) is 5.82 Å². The number of benzene rings is 1. The molecule has 0 spiro atoms. The van der Waals surface area contributed by atoms with Crippen molar-refractivity contribution in [3.63, 3.8) is 0 Å². The standard InChI is InChI=1S/C16H16BrN3O2/c1-4-22-16(21)10-9-13-15(19(2)3)18-11-7-5-6-8-12(11)20(13)14(10)17/h5-9H,4H2,1-3H3. The molecule has 0 saturated carbocycles. The summed E-state index contributed by atoms with van der Waals surface area (Å²) in [7, 11) is 3.87. The molecule has 3 rings (SSSR count). The van der Waals surface area contributed by atoms with Crippen molar-refractivity contribution in [3.05, 3.63) is 40.5 Å². The van der Waals surface area contributed by atoms with Gasteiger partial charge in [-0.3, -0.25) is 4.40 Å². The zero-order valence-electron chi connectivity index (χ0n) is 12.6. The minimum Gasteiger partial charge on any atom is -0.462 e. The highest BCUT2D eigenvalue weighted by Gasteiger charge is 2.21. The molecular weight excluding hydrogens is 346 g/mol. The molecule has 0 radical (unpaired) electrons. The number of rotatable bonds is 3. The molecule has 6 heteroatoms. The van der Waals surface area contributed by atoms with Crippen molar-refractivity contribution >= 4 is 44.3 Å². The monoisotopic (exact) mass is 361 g/mol. The number of anilines is 1. The van der Waals surface area contributed by atoms with E-state index >= 15 is 0 Å². The molecule has 0 bridgehead atoms. The summed E-state index contributed by atoms with van der Waals surface area (Å²) in [4.78, 5) is 18.8. The lowest BCUT2D eigenvalue weighted by Gasteiger charge is -2.15. The van der Waals surface area contributed by atoms with Crippen molar-refractivity contribution in [3.8, 4) is 0 Å². The van der Waals surface area contributed by atoms with Gasteiger partial charge in [-0.1, -0.05) is 12.1 Å². The lowest BCUT2D eigenvalue weighted by Crippen LogP contribution is -2.12. The maximum atomic E-state index is 12.2. The van der Waals surface area contributed by atoms with Crippen LogP contribution < -0.4 is 4.90 Å². The number of fused-ring (bicyclic) bond motifs is 3. The summed E-state index contributed by atoms with van der Waals surface area (Å²) in [5, 5.41) is 0. The number of aromatic nitrogens is 2. The number of para-hydroxylation sites is 2. The van der Waals surface area contributed by atoms with E-state index in [1.807, 2.05) is 53.7 Å². The topological polar surface area (TPSA) is 46.8 Å². The number of hydrogen-bond acceptors (Lipinski definition) is 4. The third-order valence-electron chi connectivity index (χ3n) is 3.44. The molecule has 22 heavy (non-hydrogen) atoms. The summed E-state index contributed by atoms with van der Waals surface area (Å²) in [6, 6.07) is 9.66. The summed E-state index contributed by atoms with van der Waals surface area (Å²) in [6.45, 7) is 2.14. The highest BCUT2D eigenvalue weighted by atomic mass is 79.9. The zero-order chi connectivity index (χ0) is 15.9. The molecule has 1 aromatic carbocycles. The number of esters is 1. The first-order chi connectivity index (χ1) is 10.5. The predicted octanol–water partition coefficient (Wildman–Crippen LogP) is 3.49. The van der Waals surface area contributed by atoms with E-state index in [1.54, 1.807) is 6.92 Å². The molecule has 0 fully saturated rings. The van der Waals surface area contributed by atoms with E-state index in [1.165, 1.54) is 0 Å². The molecule has 0 atom stereocenters. The van der Waals surface area contributed by atoms with E-state index in [2.05, 4.69) is 15.9 Å². The van der Waals surface area contributed by atoms with Crippen LogP contribution in [0.3, 0.4) is 0 Å².